The summed E-state index contributed by atoms with van der Waals surface area (Å²) < 4.78 is 16.3. The van der Waals surface area contributed by atoms with Gasteiger partial charge in [-0.3, -0.25) is 0 Å². The van der Waals surface area contributed by atoms with E-state index in [2.05, 4.69) is 0 Å². The van der Waals surface area contributed by atoms with Gasteiger partial charge in [0.05, 0.1) is 25.7 Å². The van der Waals surface area contributed by atoms with Crippen LogP contribution in [-0.4, -0.2) is 19.3 Å². The lowest BCUT2D eigenvalue weighted by atomic mass is 10.1. The first-order valence-electron chi connectivity index (χ1n) is 5.62. The third kappa shape index (κ3) is 1.91. The number of ether oxygens (including phenoxy) is 2. The molecule has 2 aromatic rings. The second-order valence-electron chi connectivity index (χ2n) is 4.09. The molecule has 1 aromatic heterocycles. The molecule has 2 heterocycles. The van der Waals surface area contributed by atoms with E-state index < -0.39 is 0 Å². The summed E-state index contributed by atoms with van der Waals surface area (Å²) >= 11 is 0. The van der Waals surface area contributed by atoms with Crippen molar-refractivity contribution in [2.24, 2.45) is 0 Å². The maximum atomic E-state index is 5.91. The predicted octanol–water partition coefficient (Wildman–Crippen LogP) is 2.99. The molecule has 1 aromatic carbocycles. The van der Waals surface area contributed by atoms with Gasteiger partial charge in [-0.05, 0) is 18.2 Å². The summed E-state index contributed by atoms with van der Waals surface area (Å²) in [5.41, 5.74) is 0. The fourth-order valence-corrected chi connectivity index (χ4v) is 2.00. The lowest BCUT2D eigenvalue weighted by molar-refractivity contribution is 0.0256. The predicted molar refractivity (Wildman–Crippen MR) is 60.7 cm³/mol. The van der Waals surface area contributed by atoms with Gasteiger partial charge in [0, 0.05) is 23.6 Å². The van der Waals surface area contributed by atoms with Crippen molar-refractivity contribution in [1.29, 1.82) is 0 Å². The highest BCUT2D eigenvalue weighted by Crippen LogP contribution is 2.24. The van der Waals surface area contributed by atoms with E-state index in [1.165, 1.54) is 0 Å². The molecule has 0 spiro atoms. The molecule has 84 valence electrons. The van der Waals surface area contributed by atoms with Crippen LogP contribution < -0.4 is 4.74 Å². The Morgan fingerprint density at radius 1 is 1.06 bits per heavy atom. The van der Waals surface area contributed by atoms with Crippen LogP contribution in [0.2, 0.25) is 0 Å². The summed E-state index contributed by atoms with van der Waals surface area (Å²) in [6.07, 6.45) is 5.73. The van der Waals surface area contributed by atoms with E-state index >= 15 is 0 Å². The van der Waals surface area contributed by atoms with Gasteiger partial charge in [-0.25, -0.2) is 0 Å². The van der Waals surface area contributed by atoms with E-state index in [0.717, 1.165) is 42.6 Å². The monoisotopic (exact) mass is 218 g/mol. The van der Waals surface area contributed by atoms with Crippen molar-refractivity contribution in [3.63, 3.8) is 0 Å². The summed E-state index contributed by atoms with van der Waals surface area (Å²) in [6, 6.07) is 6.04. The second kappa shape index (κ2) is 4.18. The first-order valence-corrected chi connectivity index (χ1v) is 5.62. The molecule has 1 aliphatic heterocycles. The number of benzene rings is 1. The van der Waals surface area contributed by atoms with Gasteiger partial charge in [0.25, 0.3) is 0 Å². The molecule has 1 fully saturated rings. The van der Waals surface area contributed by atoms with Crippen LogP contribution in [0.25, 0.3) is 10.8 Å². The second-order valence-corrected chi connectivity index (χ2v) is 4.09. The van der Waals surface area contributed by atoms with Crippen LogP contribution in [0.4, 0.5) is 0 Å². The van der Waals surface area contributed by atoms with Gasteiger partial charge in [0.1, 0.15) is 11.9 Å². The lowest BCUT2D eigenvalue weighted by Crippen LogP contribution is -2.25. The maximum absolute atomic E-state index is 5.91. The van der Waals surface area contributed by atoms with E-state index in [9.17, 15) is 0 Å². The summed E-state index contributed by atoms with van der Waals surface area (Å²) in [6.45, 7) is 1.61. The molecule has 0 bridgehead atoms. The Kier molecular flexibility index (Phi) is 2.54. The molecule has 1 aliphatic rings. The number of furan rings is 1. The molecule has 0 radical (unpaired) electrons. The Labute approximate surface area is 94.0 Å². The standard InChI is InChI=1S/C13H14O3/c1-2-13(7-11-9-15-8-10(1)11)16-12-3-5-14-6-4-12/h1-2,7-9,12H,3-6H2. The molecule has 0 atom stereocenters. The van der Waals surface area contributed by atoms with Gasteiger partial charge < -0.3 is 13.9 Å². The van der Waals surface area contributed by atoms with Crippen molar-refractivity contribution in [2.75, 3.05) is 13.2 Å². The highest BCUT2D eigenvalue weighted by Gasteiger charge is 2.15. The summed E-state index contributed by atoms with van der Waals surface area (Å²) in [4.78, 5) is 0. The minimum absolute atomic E-state index is 0.290. The van der Waals surface area contributed by atoms with Gasteiger partial charge in [0.15, 0.2) is 0 Å². The third-order valence-corrected chi connectivity index (χ3v) is 2.92. The Morgan fingerprint density at radius 3 is 2.75 bits per heavy atom. The molecule has 1 saturated heterocycles. The molecule has 0 aliphatic carbocycles. The topological polar surface area (TPSA) is 31.6 Å². The first kappa shape index (κ1) is 9.73. The third-order valence-electron chi connectivity index (χ3n) is 2.92. The zero-order valence-corrected chi connectivity index (χ0v) is 9.02. The van der Waals surface area contributed by atoms with Crippen molar-refractivity contribution in [3.8, 4) is 5.75 Å². The molecule has 16 heavy (non-hydrogen) atoms. The van der Waals surface area contributed by atoms with Crippen LogP contribution in [0.15, 0.2) is 35.1 Å². The van der Waals surface area contributed by atoms with Crippen LogP contribution in [0, 0.1) is 0 Å². The summed E-state index contributed by atoms with van der Waals surface area (Å²) in [5, 5.41) is 2.20. The Balaban J connectivity index is 1.77. The van der Waals surface area contributed by atoms with Gasteiger partial charge in [-0.15, -0.1) is 0 Å². The summed E-state index contributed by atoms with van der Waals surface area (Å²) in [7, 11) is 0. The fourth-order valence-electron chi connectivity index (χ4n) is 2.00. The summed E-state index contributed by atoms with van der Waals surface area (Å²) in [5.74, 6) is 0.917. The average Bonchev–Trinajstić information content (AvgIpc) is 2.77. The zero-order chi connectivity index (χ0) is 10.8. The van der Waals surface area contributed by atoms with Gasteiger partial charge in [0.2, 0.25) is 0 Å². The van der Waals surface area contributed by atoms with Crippen LogP contribution in [0.5, 0.6) is 5.75 Å². The van der Waals surface area contributed by atoms with Gasteiger partial charge >= 0.3 is 0 Å². The Hall–Kier alpha value is -1.48. The van der Waals surface area contributed by atoms with E-state index in [-0.39, 0.29) is 6.10 Å². The molecule has 3 rings (SSSR count). The number of hydrogen-bond acceptors (Lipinski definition) is 3. The van der Waals surface area contributed by atoms with Crippen molar-refractivity contribution in [3.05, 3.63) is 30.7 Å². The van der Waals surface area contributed by atoms with Crippen LogP contribution in [0.3, 0.4) is 0 Å². The molecular weight excluding hydrogens is 204 g/mol. The Morgan fingerprint density at radius 2 is 1.88 bits per heavy atom. The number of fused-ring (bicyclic) bond motifs is 1. The van der Waals surface area contributed by atoms with Crippen LogP contribution in [0.1, 0.15) is 12.8 Å². The highest BCUT2D eigenvalue weighted by atomic mass is 16.5. The van der Waals surface area contributed by atoms with E-state index in [1.807, 2.05) is 18.2 Å². The highest BCUT2D eigenvalue weighted by molar-refractivity contribution is 5.82. The Bertz CT molecular complexity index is 469. The van der Waals surface area contributed by atoms with Crippen molar-refractivity contribution >= 4 is 10.8 Å². The maximum Gasteiger partial charge on any atom is 0.120 e. The normalized spacial score (nSPS) is 17.8. The first-order chi connectivity index (χ1) is 7.92. The molecule has 3 heteroatoms. The van der Waals surface area contributed by atoms with Crippen LogP contribution in [-0.2, 0) is 4.74 Å². The minimum Gasteiger partial charge on any atom is -0.490 e. The van der Waals surface area contributed by atoms with E-state index in [1.54, 1.807) is 12.5 Å². The quantitative estimate of drug-likeness (QED) is 0.776. The van der Waals surface area contributed by atoms with E-state index in [4.69, 9.17) is 13.9 Å². The number of rotatable bonds is 2. The smallest absolute Gasteiger partial charge is 0.120 e. The van der Waals surface area contributed by atoms with E-state index in [0.29, 0.717) is 0 Å². The molecular formula is C13H14O3. The lowest BCUT2D eigenvalue weighted by Gasteiger charge is -2.23. The minimum atomic E-state index is 0.290. The molecule has 0 saturated carbocycles. The molecule has 0 amide bonds. The number of hydrogen-bond donors (Lipinski definition) is 0. The molecule has 0 unspecified atom stereocenters. The van der Waals surface area contributed by atoms with Crippen molar-refractivity contribution < 1.29 is 13.9 Å². The van der Waals surface area contributed by atoms with Crippen molar-refractivity contribution in [1.82, 2.24) is 0 Å². The van der Waals surface area contributed by atoms with Gasteiger partial charge in [-0.1, -0.05) is 0 Å². The van der Waals surface area contributed by atoms with Crippen LogP contribution >= 0.6 is 0 Å². The fraction of sp³-hybridized carbons (Fsp3) is 0.385. The largest absolute Gasteiger partial charge is 0.490 e. The molecule has 0 N–H and O–H groups in total. The zero-order valence-electron chi connectivity index (χ0n) is 9.02. The average molecular weight is 218 g/mol. The van der Waals surface area contributed by atoms with Crippen molar-refractivity contribution in [2.45, 2.75) is 18.9 Å². The molecule has 3 nitrogen and oxygen atoms in total. The SMILES string of the molecule is c1cc2cocc2cc1OC1CCOCC1. The van der Waals surface area contributed by atoms with Gasteiger partial charge in [-0.2, -0.15) is 0 Å².